The number of rotatable bonds is 5. The van der Waals surface area contributed by atoms with Gasteiger partial charge in [0.15, 0.2) is 0 Å². The van der Waals surface area contributed by atoms with Gasteiger partial charge in [-0.25, -0.2) is 4.39 Å². The van der Waals surface area contributed by atoms with Gasteiger partial charge in [-0.15, -0.1) is 0 Å². The molecule has 0 amide bonds. The zero-order chi connectivity index (χ0) is 13.0. The summed E-state index contributed by atoms with van der Waals surface area (Å²) >= 11 is 3.27. The summed E-state index contributed by atoms with van der Waals surface area (Å²) in [5, 5.41) is 3.49. The fourth-order valence-corrected chi connectivity index (χ4v) is 2.38. The maximum Gasteiger partial charge on any atom is 0.129 e. The quantitative estimate of drug-likeness (QED) is 0.833. The van der Waals surface area contributed by atoms with Crippen LogP contribution in [0.3, 0.4) is 0 Å². The largest absolute Gasteiger partial charge is 0.307 e. The summed E-state index contributed by atoms with van der Waals surface area (Å²) in [6.45, 7) is 8.54. The zero-order valence-corrected chi connectivity index (χ0v) is 12.5. The fourth-order valence-electron chi connectivity index (χ4n) is 2.05. The Morgan fingerprint density at radius 3 is 2.41 bits per heavy atom. The third-order valence-electron chi connectivity index (χ3n) is 3.14. The van der Waals surface area contributed by atoms with Crippen LogP contribution in [0, 0.1) is 11.7 Å². The Labute approximate surface area is 112 Å². The normalized spacial score (nSPS) is 15.0. The van der Waals surface area contributed by atoms with Crippen LogP contribution in [0.5, 0.6) is 0 Å². The zero-order valence-electron chi connectivity index (χ0n) is 10.9. The molecule has 0 fully saturated rings. The van der Waals surface area contributed by atoms with Gasteiger partial charge in [0.05, 0.1) is 0 Å². The van der Waals surface area contributed by atoms with E-state index in [1.54, 1.807) is 0 Å². The Morgan fingerprint density at radius 2 is 1.94 bits per heavy atom. The molecule has 1 rings (SSSR count). The number of hydrogen-bond acceptors (Lipinski definition) is 1. The van der Waals surface area contributed by atoms with E-state index in [9.17, 15) is 4.39 Å². The van der Waals surface area contributed by atoms with Crippen molar-refractivity contribution in [1.29, 1.82) is 0 Å². The van der Waals surface area contributed by atoms with Crippen molar-refractivity contribution in [1.82, 2.24) is 5.32 Å². The molecular formula is C14H21BrFN. The highest BCUT2D eigenvalue weighted by Crippen LogP contribution is 2.22. The first-order valence-corrected chi connectivity index (χ1v) is 6.96. The number of nitrogens with one attached hydrogen (secondary N) is 1. The Balaban J connectivity index is 2.78. The van der Waals surface area contributed by atoms with Gasteiger partial charge in [0.25, 0.3) is 0 Å². The SMILES string of the molecule is CCC(NC(C)c1ccc(Br)cc1F)C(C)C. The average molecular weight is 302 g/mol. The molecule has 0 spiro atoms. The van der Waals surface area contributed by atoms with E-state index in [4.69, 9.17) is 0 Å². The summed E-state index contributed by atoms with van der Waals surface area (Å²) in [5.74, 6) is 0.402. The van der Waals surface area contributed by atoms with Crippen molar-refractivity contribution in [2.75, 3.05) is 0 Å². The number of halogens is 2. The van der Waals surface area contributed by atoms with Crippen LogP contribution < -0.4 is 5.32 Å². The van der Waals surface area contributed by atoms with Crippen molar-refractivity contribution >= 4 is 15.9 Å². The highest BCUT2D eigenvalue weighted by Gasteiger charge is 2.17. The van der Waals surface area contributed by atoms with Crippen LogP contribution in [-0.2, 0) is 0 Å². The smallest absolute Gasteiger partial charge is 0.129 e. The van der Waals surface area contributed by atoms with Gasteiger partial charge in [0.2, 0.25) is 0 Å². The highest BCUT2D eigenvalue weighted by atomic mass is 79.9. The predicted octanol–water partition coefficient (Wildman–Crippen LogP) is 4.67. The molecule has 1 nitrogen and oxygen atoms in total. The summed E-state index contributed by atoms with van der Waals surface area (Å²) in [6.07, 6.45) is 1.06. The second kappa shape index (κ2) is 6.50. The van der Waals surface area contributed by atoms with Crippen LogP contribution in [0.2, 0.25) is 0 Å². The minimum absolute atomic E-state index is 0.0375. The summed E-state index contributed by atoms with van der Waals surface area (Å²) in [4.78, 5) is 0. The van der Waals surface area contributed by atoms with E-state index in [-0.39, 0.29) is 11.9 Å². The molecule has 0 aliphatic heterocycles. The standard InChI is InChI=1S/C14H21BrFN/c1-5-14(9(2)3)17-10(4)12-7-6-11(15)8-13(12)16/h6-10,14,17H,5H2,1-4H3. The van der Waals surface area contributed by atoms with Gasteiger partial charge in [-0.3, -0.25) is 0 Å². The molecule has 0 heterocycles. The Hall–Kier alpha value is -0.410. The molecule has 0 bridgehead atoms. The Morgan fingerprint density at radius 1 is 1.29 bits per heavy atom. The van der Waals surface area contributed by atoms with Crippen LogP contribution in [0.15, 0.2) is 22.7 Å². The van der Waals surface area contributed by atoms with E-state index >= 15 is 0 Å². The van der Waals surface area contributed by atoms with Gasteiger partial charge >= 0.3 is 0 Å². The molecule has 0 radical (unpaired) electrons. The lowest BCUT2D eigenvalue weighted by molar-refractivity contribution is 0.351. The van der Waals surface area contributed by atoms with Crippen molar-refractivity contribution < 1.29 is 4.39 Å². The summed E-state index contributed by atoms with van der Waals surface area (Å²) < 4.78 is 14.6. The van der Waals surface area contributed by atoms with Crippen LogP contribution in [0.4, 0.5) is 4.39 Å². The molecule has 2 unspecified atom stereocenters. The van der Waals surface area contributed by atoms with Crippen molar-refractivity contribution in [2.45, 2.75) is 46.2 Å². The molecule has 0 aliphatic rings. The Bertz CT molecular complexity index is 365. The number of hydrogen-bond donors (Lipinski definition) is 1. The lowest BCUT2D eigenvalue weighted by Gasteiger charge is -2.26. The minimum Gasteiger partial charge on any atom is -0.307 e. The second-order valence-electron chi connectivity index (χ2n) is 4.81. The molecule has 2 atom stereocenters. The summed E-state index contributed by atoms with van der Waals surface area (Å²) in [5.41, 5.74) is 0.729. The van der Waals surface area contributed by atoms with Gasteiger partial charge in [-0.2, -0.15) is 0 Å². The lowest BCUT2D eigenvalue weighted by atomic mass is 9.99. The van der Waals surface area contributed by atoms with Gasteiger partial charge in [-0.1, -0.05) is 42.8 Å². The fraction of sp³-hybridized carbons (Fsp3) is 0.571. The minimum atomic E-state index is -0.155. The van der Waals surface area contributed by atoms with E-state index in [0.29, 0.717) is 12.0 Å². The van der Waals surface area contributed by atoms with Gasteiger partial charge in [0, 0.05) is 22.1 Å². The third-order valence-corrected chi connectivity index (χ3v) is 3.63. The van der Waals surface area contributed by atoms with Crippen LogP contribution in [0.25, 0.3) is 0 Å². The molecule has 1 N–H and O–H groups in total. The molecule has 1 aromatic carbocycles. The van der Waals surface area contributed by atoms with Gasteiger partial charge in [0.1, 0.15) is 5.82 Å². The maximum atomic E-state index is 13.8. The second-order valence-corrected chi connectivity index (χ2v) is 5.73. The van der Waals surface area contributed by atoms with Crippen molar-refractivity contribution in [3.63, 3.8) is 0 Å². The first-order chi connectivity index (χ1) is 7.95. The summed E-state index contributed by atoms with van der Waals surface area (Å²) in [7, 11) is 0. The monoisotopic (exact) mass is 301 g/mol. The van der Waals surface area contributed by atoms with E-state index in [0.717, 1.165) is 16.5 Å². The average Bonchev–Trinajstić information content (AvgIpc) is 2.24. The van der Waals surface area contributed by atoms with Crippen molar-refractivity contribution in [3.8, 4) is 0 Å². The van der Waals surface area contributed by atoms with Gasteiger partial charge in [-0.05, 0) is 31.4 Å². The predicted molar refractivity (Wildman–Crippen MR) is 74.6 cm³/mol. The molecular weight excluding hydrogens is 281 g/mol. The molecule has 17 heavy (non-hydrogen) atoms. The van der Waals surface area contributed by atoms with E-state index in [1.165, 1.54) is 6.07 Å². The topological polar surface area (TPSA) is 12.0 Å². The van der Waals surface area contributed by atoms with Crippen molar-refractivity contribution in [3.05, 3.63) is 34.1 Å². The molecule has 3 heteroatoms. The van der Waals surface area contributed by atoms with Gasteiger partial charge < -0.3 is 5.32 Å². The molecule has 0 aromatic heterocycles. The van der Waals surface area contributed by atoms with E-state index in [1.807, 2.05) is 19.1 Å². The van der Waals surface area contributed by atoms with Crippen molar-refractivity contribution in [2.24, 2.45) is 5.92 Å². The number of benzene rings is 1. The highest BCUT2D eigenvalue weighted by molar-refractivity contribution is 9.10. The molecule has 0 aliphatic carbocycles. The molecule has 0 saturated heterocycles. The summed E-state index contributed by atoms with van der Waals surface area (Å²) in [6, 6.07) is 5.70. The van der Waals surface area contributed by atoms with Crippen LogP contribution in [-0.4, -0.2) is 6.04 Å². The molecule has 1 aromatic rings. The molecule has 0 saturated carbocycles. The van der Waals surface area contributed by atoms with E-state index < -0.39 is 0 Å². The third kappa shape index (κ3) is 4.07. The maximum absolute atomic E-state index is 13.8. The van der Waals surface area contributed by atoms with Crippen LogP contribution >= 0.6 is 15.9 Å². The molecule has 96 valence electrons. The first kappa shape index (κ1) is 14.7. The first-order valence-electron chi connectivity index (χ1n) is 6.16. The van der Waals surface area contributed by atoms with E-state index in [2.05, 4.69) is 42.0 Å². The van der Waals surface area contributed by atoms with Crippen LogP contribution in [0.1, 0.15) is 45.7 Å². The Kier molecular flexibility index (Phi) is 5.60. The lowest BCUT2D eigenvalue weighted by Crippen LogP contribution is -2.35.